The van der Waals surface area contributed by atoms with E-state index in [1.165, 1.54) is 25.1 Å². The number of amides is 2. The molecule has 2 N–H and O–H groups in total. The van der Waals surface area contributed by atoms with Gasteiger partial charge in [0.1, 0.15) is 6.61 Å². The smallest absolute Gasteiger partial charge is 0.302 e. The number of nitrogens with one attached hydrogen (secondary N) is 1. The van der Waals surface area contributed by atoms with Gasteiger partial charge in [-0.15, -0.1) is 0 Å². The second kappa shape index (κ2) is 9.31. The van der Waals surface area contributed by atoms with Crippen LogP contribution in [0.4, 0.5) is 0 Å². The van der Waals surface area contributed by atoms with Crippen LogP contribution in [0.3, 0.4) is 0 Å². The third-order valence-electron chi connectivity index (χ3n) is 5.08. The number of pyridine rings is 1. The number of carbonyl (C=O) groups excluding carboxylic acids is 3. The van der Waals surface area contributed by atoms with E-state index >= 15 is 0 Å². The van der Waals surface area contributed by atoms with Crippen molar-refractivity contribution in [1.82, 2.24) is 14.6 Å². The summed E-state index contributed by atoms with van der Waals surface area (Å²) in [5.74, 6) is -1.68. The highest BCUT2D eigenvalue weighted by Gasteiger charge is 2.39. The lowest BCUT2D eigenvalue weighted by atomic mass is 10.0. The summed E-state index contributed by atoms with van der Waals surface area (Å²) in [6, 6.07) is 4.21. The van der Waals surface area contributed by atoms with Crippen molar-refractivity contribution < 1.29 is 32.6 Å². The third kappa shape index (κ3) is 4.79. The second-order valence-corrected chi connectivity index (χ2v) is 9.38. The van der Waals surface area contributed by atoms with Crippen LogP contribution in [0, 0.1) is 6.92 Å². The van der Waals surface area contributed by atoms with E-state index in [1.807, 2.05) is 0 Å². The number of fused-ring (bicyclic) bond motifs is 3. The molecule has 1 aliphatic rings. The number of sulfonamides is 1. The highest BCUT2D eigenvalue weighted by Crippen LogP contribution is 2.32. The van der Waals surface area contributed by atoms with Gasteiger partial charge in [-0.3, -0.25) is 24.3 Å². The third-order valence-corrected chi connectivity index (χ3v) is 6.54. The van der Waals surface area contributed by atoms with Gasteiger partial charge in [-0.05, 0) is 44.9 Å². The van der Waals surface area contributed by atoms with Crippen LogP contribution in [-0.4, -0.2) is 67.0 Å². The Morgan fingerprint density at radius 1 is 1.25 bits per heavy atom. The van der Waals surface area contributed by atoms with E-state index < -0.39 is 33.9 Å². The van der Waals surface area contributed by atoms with E-state index in [0.717, 1.165) is 4.90 Å². The van der Waals surface area contributed by atoms with Gasteiger partial charge in [0.25, 0.3) is 11.8 Å². The number of aromatic nitrogens is 1. The molecule has 2 aromatic rings. The summed E-state index contributed by atoms with van der Waals surface area (Å²) in [5, 5.41) is 9.56. The SMILES string of the molecule is CC(=O)OCCN1C(=O)c2c(C)nc3ccc(S(=O)(=O)NCCCC(C)O)cc3c2C1=O. The van der Waals surface area contributed by atoms with Gasteiger partial charge < -0.3 is 9.84 Å². The molecule has 2 heterocycles. The second-order valence-electron chi connectivity index (χ2n) is 7.62. The number of imide groups is 1. The largest absolute Gasteiger partial charge is 0.464 e. The van der Waals surface area contributed by atoms with Crippen LogP contribution in [0.15, 0.2) is 23.1 Å². The maximum Gasteiger partial charge on any atom is 0.302 e. The van der Waals surface area contributed by atoms with E-state index in [4.69, 9.17) is 4.74 Å². The van der Waals surface area contributed by atoms with Gasteiger partial charge in [0.05, 0.1) is 39.9 Å². The standard InChI is InChI=1S/C21H25N3O7S/c1-12(25)5-4-8-22-32(29,30)15-6-7-17-16(11-15)19-18(13(2)23-17)20(27)24(21(19)28)9-10-31-14(3)26/h6-7,11-12,22,25H,4-5,8-10H2,1-3H3. The summed E-state index contributed by atoms with van der Waals surface area (Å²) in [4.78, 5) is 42.1. The molecule has 0 saturated heterocycles. The number of nitrogens with zero attached hydrogens (tertiary/aromatic N) is 2. The van der Waals surface area contributed by atoms with Crippen molar-refractivity contribution in [3.63, 3.8) is 0 Å². The van der Waals surface area contributed by atoms with Crippen molar-refractivity contribution in [2.45, 2.75) is 44.6 Å². The maximum atomic E-state index is 13.0. The zero-order chi connectivity index (χ0) is 23.6. The molecule has 1 atom stereocenters. The number of hydrogen-bond donors (Lipinski definition) is 2. The van der Waals surface area contributed by atoms with Crippen LogP contribution in [0.1, 0.15) is 53.1 Å². The molecule has 32 heavy (non-hydrogen) atoms. The molecule has 11 heteroatoms. The van der Waals surface area contributed by atoms with Crippen molar-refractivity contribution in [2.75, 3.05) is 19.7 Å². The van der Waals surface area contributed by atoms with Gasteiger partial charge in [0.2, 0.25) is 10.0 Å². The molecular formula is C21H25N3O7S. The van der Waals surface area contributed by atoms with Crippen LogP contribution in [-0.2, 0) is 19.6 Å². The summed E-state index contributed by atoms with van der Waals surface area (Å²) in [7, 11) is -3.87. The molecule has 0 bridgehead atoms. The Labute approximate surface area is 185 Å². The number of hydrogen-bond acceptors (Lipinski definition) is 8. The number of ether oxygens (including phenoxy) is 1. The molecular weight excluding hydrogens is 438 g/mol. The predicted molar refractivity (Wildman–Crippen MR) is 115 cm³/mol. The molecule has 172 valence electrons. The van der Waals surface area contributed by atoms with E-state index in [2.05, 4.69) is 9.71 Å². The van der Waals surface area contributed by atoms with Crippen molar-refractivity contribution in [2.24, 2.45) is 0 Å². The lowest BCUT2D eigenvalue weighted by Gasteiger charge is -2.13. The van der Waals surface area contributed by atoms with Gasteiger partial charge in [0, 0.05) is 18.9 Å². The fourth-order valence-corrected chi connectivity index (χ4v) is 4.65. The summed E-state index contributed by atoms with van der Waals surface area (Å²) in [6.45, 7) is 4.35. The van der Waals surface area contributed by atoms with Crippen LogP contribution >= 0.6 is 0 Å². The highest BCUT2D eigenvalue weighted by molar-refractivity contribution is 7.89. The molecule has 0 radical (unpaired) electrons. The quantitative estimate of drug-likeness (QED) is 0.320. The van der Waals surface area contributed by atoms with Gasteiger partial charge in [-0.2, -0.15) is 0 Å². The van der Waals surface area contributed by atoms with Gasteiger partial charge in [-0.25, -0.2) is 13.1 Å². The molecule has 3 rings (SSSR count). The average Bonchev–Trinajstić information content (AvgIpc) is 2.96. The summed E-state index contributed by atoms with van der Waals surface area (Å²) in [5.41, 5.74) is 0.946. The normalized spacial score (nSPS) is 14.7. The van der Waals surface area contributed by atoms with E-state index in [1.54, 1.807) is 13.8 Å². The van der Waals surface area contributed by atoms with Gasteiger partial charge in [-0.1, -0.05) is 0 Å². The van der Waals surface area contributed by atoms with Crippen LogP contribution in [0.2, 0.25) is 0 Å². The zero-order valence-electron chi connectivity index (χ0n) is 18.0. The molecule has 1 unspecified atom stereocenters. The highest BCUT2D eigenvalue weighted by atomic mass is 32.2. The molecule has 0 fully saturated rings. The van der Waals surface area contributed by atoms with E-state index in [9.17, 15) is 27.9 Å². The molecule has 0 saturated carbocycles. The molecule has 0 aliphatic carbocycles. The number of carbonyl (C=O) groups is 3. The van der Waals surface area contributed by atoms with E-state index in [0.29, 0.717) is 24.1 Å². The van der Waals surface area contributed by atoms with Crippen molar-refractivity contribution in [1.29, 1.82) is 0 Å². The molecule has 1 aromatic heterocycles. The fraction of sp³-hybridized carbons (Fsp3) is 0.429. The van der Waals surface area contributed by atoms with Crippen molar-refractivity contribution in [3.8, 4) is 0 Å². The number of benzene rings is 1. The van der Waals surface area contributed by atoms with Crippen LogP contribution in [0.25, 0.3) is 10.9 Å². The van der Waals surface area contributed by atoms with Gasteiger partial charge in [0.15, 0.2) is 0 Å². The predicted octanol–water partition coefficient (Wildman–Crippen LogP) is 1.14. The maximum absolute atomic E-state index is 13.0. The Morgan fingerprint density at radius 3 is 2.59 bits per heavy atom. The number of aliphatic hydroxyl groups excluding tert-OH is 1. The Morgan fingerprint density at radius 2 is 1.94 bits per heavy atom. The van der Waals surface area contributed by atoms with E-state index in [-0.39, 0.29) is 41.1 Å². The minimum absolute atomic E-state index is 0.0616. The molecule has 1 aromatic carbocycles. The first-order valence-corrected chi connectivity index (χ1v) is 11.6. The molecule has 0 spiro atoms. The Hall–Kier alpha value is -2.89. The average molecular weight is 464 g/mol. The Bertz CT molecular complexity index is 1190. The summed E-state index contributed by atoms with van der Waals surface area (Å²) in [6.07, 6.45) is 0.395. The first-order valence-electron chi connectivity index (χ1n) is 10.1. The van der Waals surface area contributed by atoms with Gasteiger partial charge >= 0.3 is 5.97 Å². The molecule has 10 nitrogen and oxygen atoms in total. The van der Waals surface area contributed by atoms with Crippen molar-refractivity contribution >= 4 is 38.7 Å². The lowest BCUT2D eigenvalue weighted by Crippen LogP contribution is -2.33. The Balaban J connectivity index is 1.95. The zero-order valence-corrected chi connectivity index (χ0v) is 18.9. The number of esters is 1. The topological polar surface area (TPSA) is 143 Å². The lowest BCUT2D eigenvalue weighted by molar-refractivity contribution is -0.141. The summed E-state index contributed by atoms with van der Waals surface area (Å²) < 4.78 is 32.7. The first-order chi connectivity index (χ1) is 15.0. The monoisotopic (exact) mass is 463 g/mol. The Kier molecular flexibility index (Phi) is 6.91. The minimum atomic E-state index is -3.87. The van der Waals surface area contributed by atoms with Crippen molar-refractivity contribution in [3.05, 3.63) is 35.0 Å². The number of aryl methyl sites for hydroxylation is 1. The fourth-order valence-electron chi connectivity index (χ4n) is 3.55. The molecule has 1 aliphatic heterocycles. The number of rotatable bonds is 9. The van der Waals surface area contributed by atoms with Crippen LogP contribution < -0.4 is 4.72 Å². The number of aliphatic hydroxyl groups is 1. The first kappa shape index (κ1) is 23.8. The van der Waals surface area contributed by atoms with Crippen LogP contribution in [0.5, 0.6) is 0 Å². The minimum Gasteiger partial charge on any atom is -0.464 e. The summed E-state index contributed by atoms with van der Waals surface area (Å²) >= 11 is 0. The molecule has 2 amide bonds.